The summed E-state index contributed by atoms with van der Waals surface area (Å²) >= 11 is 0. The van der Waals surface area contributed by atoms with Crippen LogP contribution in [0.5, 0.6) is 11.5 Å². The highest BCUT2D eigenvalue weighted by Crippen LogP contribution is 2.37. The lowest BCUT2D eigenvalue weighted by molar-refractivity contribution is -0.661. The van der Waals surface area contributed by atoms with Crippen LogP contribution in [0.4, 0.5) is 4.39 Å². The lowest BCUT2D eigenvalue weighted by atomic mass is 10.1. The van der Waals surface area contributed by atoms with Gasteiger partial charge < -0.3 is 33.5 Å². The minimum absolute atomic E-state index is 0. The van der Waals surface area contributed by atoms with E-state index in [-0.39, 0.29) is 29.8 Å². The Morgan fingerprint density at radius 1 is 1.37 bits per heavy atom. The summed E-state index contributed by atoms with van der Waals surface area (Å²) in [6, 6.07) is 4.93. The molecule has 0 radical (unpaired) electrons. The maximum atomic E-state index is 14.0. The highest BCUT2D eigenvalue weighted by atomic mass is 127. The molecule has 1 aromatic heterocycles. The molecule has 0 bridgehead atoms. The zero-order valence-electron chi connectivity index (χ0n) is 10.2. The van der Waals surface area contributed by atoms with Gasteiger partial charge in [-0.05, 0) is 12.1 Å². The highest BCUT2D eigenvalue weighted by Gasteiger charge is 2.25. The molecule has 2 aromatic rings. The molecule has 1 aliphatic rings. The average Bonchev–Trinajstić information content (AvgIpc) is 2.40. The predicted octanol–water partition coefficient (Wildman–Crippen LogP) is -0.772. The normalized spacial score (nSPS) is 12.9. The van der Waals surface area contributed by atoms with Gasteiger partial charge in [0, 0.05) is 12.1 Å². The first-order valence-electron chi connectivity index (χ1n) is 5.82. The molecule has 5 heteroatoms. The standard InChI is InChI=1S/C14H13FNO2.HI/c1-2-5-16-6-3-4-10-11(15)9-12-14(13(10)16)18-8-7-17-12;/h2-4,6,9H,1,5,7-8H2;1H/q+1;/p-1. The van der Waals surface area contributed by atoms with Crippen molar-refractivity contribution in [1.82, 2.24) is 0 Å². The largest absolute Gasteiger partial charge is 1.00 e. The number of rotatable bonds is 2. The fraction of sp³-hybridized carbons (Fsp3) is 0.214. The molecule has 100 valence electrons. The molecule has 1 aromatic carbocycles. The lowest BCUT2D eigenvalue weighted by Gasteiger charge is -2.18. The average molecular weight is 373 g/mol. The molecule has 0 saturated carbocycles. The van der Waals surface area contributed by atoms with E-state index in [0.29, 0.717) is 42.2 Å². The maximum Gasteiger partial charge on any atom is 0.262 e. The van der Waals surface area contributed by atoms with Gasteiger partial charge in [-0.25, -0.2) is 4.39 Å². The SMILES string of the molecule is C=CC[n+]1cccc2c(F)cc3c(c21)OCCO3.[I-]. The van der Waals surface area contributed by atoms with E-state index in [9.17, 15) is 4.39 Å². The molecule has 0 fully saturated rings. The van der Waals surface area contributed by atoms with Crippen LogP contribution in [0.1, 0.15) is 0 Å². The van der Waals surface area contributed by atoms with Gasteiger partial charge >= 0.3 is 0 Å². The molecular weight excluding hydrogens is 360 g/mol. The summed E-state index contributed by atoms with van der Waals surface area (Å²) in [5, 5.41) is 0.531. The van der Waals surface area contributed by atoms with Crippen molar-refractivity contribution in [3.05, 3.63) is 42.9 Å². The maximum absolute atomic E-state index is 14.0. The first-order chi connectivity index (χ1) is 8.81. The molecule has 0 saturated heterocycles. The van der Waals surface area contributed by atoms with E-state index < -0.39 is 0 Å². The van der Waals surface area contributed by atoms with Crippen LogP contribution in [0.15, 0.2) is 37.1 Å². The summed E-state index contributed by atoms with van der Waals surface area (Å²) in [6.45, 7) is 5.24. The third-order valence-corrected chi connectivity index (χ3v) is 2.94. The van der Waals surface area contributed by atoms with Crippen molar-refractivity contribution < 1.29 is 42.4 Å². The van der Waals surface area contributed by atoms with Crippen molar-refractivity contribution in [2.75, 3.05) is 13.2 Å². The van der Waals surface area contributed by atoms with Gasteiger partial charge in [0.25, 0.3) is 5.52 Å². The molecule has 3 rings (SSSR count). The fourth-order valence-electron chi connectivity index (χ4n) is 2.21. The predicted molar refractivity (Wildman–Crippen MR) is 65.3 cm³/mol. The minimum Gasteiger partial charge on any atom is -1.00 e. The number of ether oxygens (including phenoxy) is 2. The number of pyridine rings is 1. The molecule has 2 heterocycles. The topological polar surface area (TPSA) is 22.3 Å². The van der Waals surface area contributed by atoms with E-state index in [4.69, 9.17) is 9.47 Å². The van der Waals surface area contributed by atoms with E-state index in [1.165, 1.54) is 6.07 Å². The monoisotopic (exact) mass is 373 g/mol. The van der Waals surface area contributed by atoms with Gasteiger partial charge in [0.2, 0.25) is 5.75 Å². The van der Waals surface area contributed by atoms with Gasteiger partial charge in [-0.15, -0.1) is 0 Å². The Hall–Kier alpha value is -1.37. The van der Waals surface area contributed by atoms with Gasteiger partial charge in [-0.3, -0.25) is 0 Å². The second-order valence-corrected chi connectivity index (χ2v) is 4.09. The fourth-order valence-corrected chi connectivity index (χ4v) is 2.21. The number of hydrogen-bond acceptors (Lipinski definition) is 2. The molecule has 0 spiro atoms. The second-order valence-electron chi connectivity index (χ2n) is 4.09. The van der Waals surface area contributed by atoms with Crippen molar-refractivity contribution in [2.45, 2.75) is 6.54 Å². The summed E-state index contributed by atoms with van der Waals surface area (Å²) in [4.78, 5) is 0. The summed E-state index contributed by atoms with van der Waals surface area (Å²) in [7, 11) is 0. The number of benzene rings is 1. The summed E-state index contributed by atoms with van der Waals surface area (Å²) < 4.78 is 27.0. The summed E-state index contributed by atoms with van der Waals surface area (Å²) in [5.74, 6) is 0.781. The number of hydrogen-bond donors (Lipinski definition) is 0. The number of aromatic nitrogens is 1. The lowest BCUT2D eigenvalue weighted by Crippen LogP contribution is -3.00. The Balaban J connectivity index is 0.00000133. The van der Waals surface area contributed by atoms with Crippen LogP contribution in [0.25, 0.3) is 10.9 Å². The Labute approximate surface area is 127 Å². The van der Waals surface area contributed by atoms with Crippen molar-refractivity contribution >= 4 is 10.9 Å². The number of fused-ring (bicyclic) bond motifs is 3. The van der Waals surface area contributed by atoms with Crippen molar-refractivity contribution in [3.63, 3.8) is 0 Å². The van der Waals surface area contributed by atoms with E-state index in [0.717, 1.165) is 0 Å². The van der Waals surface area contributed by atoms with E-state index in [1.807, 2.05) is 16.8 Å². The Morgan fingerprint density at radius 2 is 2.16 bits per heavy atom. The second kappa shape index (κ2) is 5.73. The number of halogens is 2. The first kappa shape index (κ1) is 14.0. The molecule has 1 aliphatic heterocycles. The molecule has 0 unspecified atom stereocenters. The third-order valence-electron chi connectivity index (χ3n) is 2.94. The highest BCUT2D eigenvalue weighted by molar-refractivity contribution is 5.85. The zero-order chi connectivity index (χ0) is 12.5. The van der Waals surface area contributed by atoms with Crippen molar-refractivity contribution in [3.8, 4) is 11.5 Å². The van der Waals surface area contributed by atoms with Gasteiger partial charge in [0.05, 0.1) is 5.39 Å². The van der Waals surface area contributed by atoms with Crippen molar-refractivity contribution in [1.29, 1.82) is 0 Å². The van der Waals surface area contributed by atoms with Gasteiger partial charge in [0.1, 0.15) is 19.0 Å². The zero-order valence-corrected chi connectivity index (χ0v) is 12.4. The molecule has 0 N–H and O–H groups in total. The molecule has 0 atom stereocenters. The van der Waals surface area contributed by atoms with Crippen LogP contribution < -0.4 is 38.0 Å². The third kappa shape index (κ3) is 2.39. The summed E-state index contributed by atoms with van der Waals surface area (Å²) in [6.07, 6.45) is 3.64. The quantitative estimate of drug-likeness (QED) is 0.392. The molecule has 0 aliphatic carbocycles. The van der Waals surface area contributed by atoms with Gasteiger partial charge in [-0.2, -0.15) is 4.57 Å². The van der Waals surface area contributed by atoms with Crippen LogP contribution in [0.2, 0.25) is 0 Å². The Morgan fingerprint density at radius 3 is 2.95 bits per heavy atom. The van der Waals surface area contributed by atoms with Crippen LogP contribution >= 0.6 is 0 Å². The molecular formula is C14H13FINO2. The van der Waals surface area contributed by atoms with Crippen LogP contribution in [0.3, 0.4) is 0 Å². The molecule has 3 nitrogen and oxygen atoms in total. The molecule has 0 amide bonds. The van der Waals surface area contributed by atoms with E-state index in [2.05, 4.69) is 6.58 Å². The first-order valence-corrected chi connectivity index (χ1v) is 5.82. The van der Waals surface area contributed by atoms with Crippen molar-refractivity contribution in [2.24, 2.45) is 0 Å². The van der Waals surface area contributed by atoms with E-state index in [1.54, 1.807) is 12.1 Å². The Kier molecular flexibility index (Phi) is 4.24. The smallest absolute Gasteiger partial charge is 0.262 e. The number of allylic oxidation sites excluding steroid dienone is 1. The van der Waals surface area contributed by atoms with Crippen LogP contribution in [0, 0.1) is 5.82 Å². The van der Waals surface area contributed by atoms with Crippen LogP contribution in [-0.2, 0) is 6.54 Å². The van der Waals surface area contributed by atoms with E-state index >= 15 is 0 Å². The molecule has 19 heavy (non-hydrogen) atoms. The minimum atomic E-state index is -0.298. The summed E-state index contributed by atoms with van der Waals surface area (Å²) in [5.41, 5.74) is 0.715. The van der Waals surface area contributed by atoms with Gasteiger partial charge in [0.15, 0.2) is 18.5 Å². The van der Waals surface area contributed by atoms with Gasteiger partial charge in [-0.1, -0.05) is 6.58 Å². The van der Waals surface area contributed by atoms with Crippen LogP contribution in [-0.4, -0.2) is 13.2 Å². The number of nitrogens with zero attached hydrogens (tertiary/aromatic N) is 1. The Bertz CT molecular complexity index is 630.